The van der Waals surface area contributed by atoms with E-state index >= 15 is 0 Å². The third-order valence-electron chi connectivity index (χ3n) is 5.21. The van der Waals surface area contributed by atoms with Crippen molar-refractivity contribution in [2.75, 3.05) is 13.1 Å². The Bertz CT molecular complexity index is 978. The predicted octanol–water partition coefficient (Wildman–Crippen LogP) is 3.11. The van der Waals surface area contributed by atoms with E-state index in [-0.39, 0.29) is 11.7 Å². The topological polar surface area (TPSA) is 63.9 Å². The number of piperidine rings is 1. The maximum Gasteiger partial charge on any atom is 0.253 e. The van der Waals surface area contributed by atoms with Crippen molar-refractivity contribution in [2.24, 2.45) is 13.0 Å². The van der Waals surface area contributed by atoms with E-state index in [4.69, 9.17) is 4.98 Å². The van der Waals surface area contributed by atoms with Crippen molar-refractivity contribution < 1.29 is 9.18 Å². The number of hydrogen-bond donors (Lipinski definition) is 0. The predicted molar refractivity (Wildman–Crippen MR) is 103 cm³/mol. The number of likely N-dealkylation sites (tertiary alicyclic amines) is 1. The molecule has 0 unspecified atom stereocenters. The van der Waals surface area contributed by atoms with E-state index in [1.807, 2.05) is 17.8 Å². The monoisotopic (exact) mass is 379 g/mol. The number of carbonyl (C=O) groups is 1. The molecule has 3 aromatic rings. The highest BCUT2D eigenvalue weighted by Crippen LogP contribution is 2.23. The van der Waals surface area contributed by atoms with Crippen LogP contribution >= 0.6 is 0 Å². The molecule has 7 heteroatoms. The van der Waals surface area contributed by atoms with Gasteiger partial charge in [-0.15, -0.1) is 0 Å². The lowest BCUT2D eigenvalue weighted by Gasteiger charge is -2.32. The summed E-state index contributed by atoms with van der Waals surface area (Å²) in [7, 11) is 1.93. The van der Waals surface area contributed by atoms with Gasteiger partial charge in [0.1, 0.15) is 11.5 Å². The van der Waals surface area contributed by atoms with E-state index < -0.39 is 0 Å². The largest absolute Gasteiger partial charge is 0.339 e. The molecule has 0 radical (unpaired) electrons. The number of halogens is 1. The number of rotatable bonds is 4. The molecule has 144 valence electrons. The van der Waals surface area contributed by atoms with E-state index in [0.717, 1.165) is 36.5 Å². The fourth-order valence-corrected chi connectivity index (χ4v) is 3.66. The van der Waals surface area contributed by atoms with Crippen molar-refractivity contribution in [3.8, 4) is 11.5 Å². The average Bonchev–Trinajstić information content (AvgIpc) is 3.14. The summed E-state index contributed by atoms with van der Waals surface area (Å²) < 4.78 is 15.3. The van der Waals surface area contributed by atoms with Crippen LogP contribution in [0.1, 0.15) is 28.9 Å². The van der Waals surface area contributed by atoms with Gasteiger partial charge in [-0.3, -0.25) is 9.78 Å². The molecular weight excluding hydrogens is 357 g/mol. The molecule has 1 aromatic carbocycles. The number of benzene rings is 1. The van der Waals surface area contributed by atoms with E-state index in [1.54, 1.807) is 35.6 Å². The minimum Gasteiger partial charge on any atom is -0.339 e. The minimum atomic E-state index is -0.382. The van der Waals surface area contributed by atoms with Crippen LogP contribution in [-0.2, 0) is 13.5 Å². The summed E-state index contributed by atoms with van der Waals surface area (Å²) in [5.74, 6) is 0.758. The van der Waals surface area contributed by atoms with Crippen LogP contribution in [0, 0.1) is 11.7 Å². The van der Waals surface area contributed by atoms with Crippen molar-refractivity contribution >= 4 is 5.91 Å². The molecule has 1 amide bonds. The van der Waals surface area contributed by atoms with Crippen LogP contribution < -0.4 is 0 Å². The maximum absolute atomic E-state index is 13.4. The Morgan fingerprint density at radius 1 is 1.25 bits per heavy atom. The summed E-state index contributed by atoms with van der Waals surface area (Å²) in [6, 6.07) is 5.88. The molecule has 6 nitrogen and oxygen atoms in total. The molecular formula is C21H22FN5O. The number of amides is 1. The van der Waals surface area contributed by atoms with E-state index in [1.165, 1.54) is 12.1 Å². The van der Waals surface area contributed by atoms with Crippen LogP contribution in [0.2, 0.25) is 0 Å². The Morgan fingerprint density at radius 3 is 2.79 bits per heavy atom. The Hall–Kier alpha value is -3.09. The normalized spacial score (nSPS) is 15.0. The number of carbonyl (C=O) groups excluding carboxylic acids is 1. The second-order valence-corrected chi connectivity index (χ2v) is 7.21. The second-order valence-electron chi connectivity index (χ2n) is 7.21. The fourth-order valence-electron chi connectivity index (χ4n) is 3.66. The van der Waals surface area contributed by atoms with Crippen molar-refractivity contribution in [3.63, 3.8) is 0 Å². The van der Waals surface area contributed by atoms with Crippen molar-refractivity contribution in [1.29, 1.82) is 0 Å². The Kier molecular flexibility index (Phi) is 5.14. The van der Waals surface area contributed by atoms with Gasteiger partial charge in [0.15, 0.2) is 5.82 Å². The van der Waals surface area contributed by atoms with Gasteiger partial charge in [-0.25, -0.2) is 14.4 Å². The number of imidazole rings is 1. The third-order valence-corrected chi connectivity index (χ3v) is 5.21. The molecule has 0 spiro atoms. The van der Waals surface area contributed by atoms with E-state index in [9.17, 15) is 9.18 Å². The van der Waals surface area contributed by atoms with Crippen molar-refractivity contribution in [1.82, 2.24) is 24.4 Å². The van der Waals surface area contributed by atoms with Gasteiger partial charge in [0.05, 0.1) is 11.9 Å². The van der Waals surface area contributed by atoms with Gasteiger partial charge >= 0.3 is 0 Å². The standard InChI is InChI=1S/C21H22FN5O/c1-26-10-7-24-20(26)19-14-23-13-18(25-19)11-15-5-8-27(9-6-15)21(28)16-3-2-4-17(22)12-16/h2-4,7,10,12-15H,5-6,8-9,11H2,1H3. The molecule has 0 N–H and O–H groups in total. The SMILES string of the molecule is Cn1ccnc1-c1cncc(CC2CCN(C(=O)c3cccc(F)c3)CC2)n1. The van der Waals surface area contributed by atoms with Gasteiger partial charge in [-0.2, -0.15) is 0 Å². The van der Waals surface area contributed by atoms with Gasteiger partial charge in [0, 0.05) is 44.3 Å². The lowest BCUT2D eigenvalue weighted by atomic mass is 9.92. The quantitative estimate of drug-likeness (QED) is 0.699. The van der Waals surface area contributed by atoms with E-state index in [2.05, 4.69) is 9.97 Å². The summed E-state index contributed by atoms with van der Waals surface area (Å²) >= 11 is 0. The number of aryl methyl sites for hydroxylation is 1. The molecule has 1 fully saturated rings. The highest BCUT2D eigenvalue weighted by Gasteiger charge is 2.24. The first-order valence-electron chi connectivity index (χ1n) is 9.43. The number of hydrogen-bond acceptors (Lipinski definition) is 4. The Morgan fingerprint density at radius 2 is 2.07 bits per heavy atom. The highest BCUT2D eigenvalue weighted by atomic mass is 19.1. The van der Waals surface area contributed by atoms with Crippen LogP contribution in [0.4, 0.5) is 4.39 Å². The molecule has 0 atom stereocenters. The minimum absolute atomic E-state index is 0.102. The molecule has 4 rings (SSSR count). The molecule has 28 heavy (non-hydrogen) atoms. The first-order chi connectivity index (χ1) is 13.6. The molecule has 2 aromatic heterocycles. The van der Waals surface area contributed by atoms with Crippen LogP contribution in [0.15, 0.2) is 49.1 Å². The summed E-state index contributed by atoms with van der Waals surface area (Å²) in [5.41, 5.74) is 2.12. The second kappa shape index (κ2) is 7.88. The van der Waals surface area contributed by atoms with Gasteiger partial charge < -0.3 is 9.47 Å². The molecule has 0 bridgehead atoms. The fraction of sp³-hybridized carbons (Fsp3) is 0.333. The van der Waals surface area contributed by atoms with Gasteiger partial charge in [-0.05, 0) is 43.4 Å². The zero-order chi connectivity index (χ0) is 19.5. The lowest BCUT2D eigenvalue weighted by Crippen LogP contribution is -2.39. The lowest BCUT2D eigenvalue weighted by molar-refractivity contribution is 0.0689. The van der Waals surface area contributed by atoms with Crippen molar-refractivity contribution in [3.05, 3.63) is 66.1 Å². The van der Waals surface area contributed by atoms with Crippen LogP contribution in [0.3, 0.4) is 0 Å². The molecule has 3 heterocycles. The molecule has 0 aliphatic carbocycles. The first kappa shape index (κ1) is 18.3. The molecule has 1 aliphatic rings. The Balaban J connectivity index is 1.37. The van der Waals surface area contributed by atoms with Crippen LogP contribution in [0.5, 0.6) is 0 Å². The smallest absolute Gasteiger partial charge is 0.253 e. The summed E-state index contributed by atoms with van der Waals surface area (Å²) in [5, 5.41) is 0. The average molecular weight is 379 g/mol. The van der Waals surface area contributed by atoms with Crippen LogP contribution in [-0.4, -0.2) is 43.4 Å². The molecule has 1 saturated heterocycles. The summed E-state index contributed by atoms with van der Waals surface area (Å²) in [6.07, 6.45) is 9.78. The van der Waals surface area contributed by atoms with E-state index in [0.29, 0.717) is 24.6 Å². The maximum atomic E-state index is 13.4. The Labute approximate surface area is 163 Å². The molecule has 1 aliphatic heterocycles. The first-order valence-corrected chi connectivity index (χ1v) is 9.43. The molecule has 0 saturated carbocycles. The van der Waals surface area contributed by atoms with Crippen LogP contribution in [0.25, 0.3) is 11.5 Å². The summed E-state index contributed by atoms with van der Waals surface area (Å²) in [4.78, 5) is 27.7. The van der Waals surface area contributed by atoms with Crippen molar-refractivity contribution in [2.45, 2.75) is 19.3 Å². The number of aromatic nitrogens is 4. The van der Waals surface area contributed by atoms with Gasteiger partial charge in [0.25, 0.3) is 5.91 Å². The third kappa shape index (κ3) is 3.93. The highest BCUT2D eigenvalue weighted by molar-refractivity contribution is 5.94. The summed E-state index contributed by atoms with van der Waals surface area (Å²) in [6.45, 7) is 1.35. The zero-order valence-electron chi connectivity index (χ0n) is 15.8. The number of nitrogens with zero attached hydrogens (tertiary/aromatic N) is 5. The zero-order valence-corrected chi connectivity index (χ0v) is 15.8. The van der Waals surface area contributed by atoms with Gasteiger partial charge in [-0.1, -0.05) is 6.07 Å². The van der Waals surface area contributed by atoms with Gasteiger partial charge in [0.2, 0.25) is 0 Å².